The predicted molar refractivity (Wildman–Crippen MR) is 115 cm³/mol. The van der Waals surface area contributed by atoms with E-state index >= 15 is 0 Å². The van der Waals surface area contributed by atoms with E-state index in [0.29, 0.717) is 25.2 Å². The molecule has 0 aliphatic carbocycles. The van der Waals surface area contributed by atoms with Crippen molar-refractivity contribution >= 4 is 17.9 Å². The average Bonchev–Trinajstić information content (AvgIpc) is 3.19. The maximum atomic E-state index is 13.3. The van der Waals surface area contributed by atoms with Gasteiger partial charge in [0.1, 0.15) is 23.0 Å². The molecule has 32 heavy (non-hydrogen) atoms. The highest BCUT2D eigenvalue weighted by atomic mass is 16.6. The highest BCUT2D eigenvalue weighted by Crippen LogP contribution is 2.41. The van der Waals surface area contributed by atoms with Crippen molar-refractivity contribution in [3.8, 4) is 0 Å². The van der Waals surface area contributed by atoms with Crippen molar-refractivity contribution in [3.05, 3.63) is 24.3 Å². The number of aromatic nitrogens is 2. The lowest BCUT2D eigenvalue weighted by molar-refractivity contribution is -0.172. The first-order chi connectivity index (χ1) is 15.1. The summed E-state index contributed by atoms with van der Waals surface area (Å²) >= 11 is 0. The molecule has 3 amide bonds. The summed E-state index contributed by atoms with van der Waals surface area (Å²) in [6.45, 7) is 7.89. The fourth-order valence-electron chi connectivity index (χ4n) is 4.61. The van der Waals surface area contributed by atoms with Gasteiger partial charge in [0.25, 0.3) is 5.91 Å². The number of β-lactam (4-membered cyclic amide) rings is 1. The number of carbonyl (C=O) groups excluding carboxylic acids is 3. The van der Waals surface area contributed by atoms with Crippen LogP contribution < -0.4 is 5.32 Å². The van der Waals surface area contributed by atoms with Crippen molar-refractivity contribution in [2.24, 2.45) is 0 Å². The van der Waals surface area contributed by atoms with Crippen LogP contribution in [-0.2, 0) is 20.9 Å². The van der Waals surface area contributed by atoms with Crippen molar-refractivity contribution in [2.45, 2.75) is 83.2 Å². The third-order valence-corrected chi connectivity index (χ3v) is 6.12. The Morgan fingerprint density at radius 3 is 2.62 bits per heavy atom. The maximum absolute atomic E-state index is 13.3. The molecule has 1 aromatic heterocycles. The quantitative estimate of drug-likeness (QED) is 0.574. The standard InChI is InChI=1S/C22H33N5O5/c1-5-8-21(3,4)32-20(31)27-12-6-9-22(27)14-26(19(22)30)17(15(2)28)18(29)25-13-16-23-10-7-11-24-16/h7,10-11,15,17,28H,5-6,8-9,12-14H2,1-4H3,(H,25,29)/t15-,17+,22?/m1/s1. The van der Waals surface area contributed by atoms with E-state index in [-0.39, 0.29) is 19.0 Å². The van der Waals surface area contributed by atoms with Crippen LogP contribution in [0.1, 0.15) is 59.2 Å². The van der Waals surface area contributed by atoms with Crippen LogP contribution in [0.25, 0.3) is 0 Å². The van der Waals surface area contributed by atoms with Gasteiger partial charge in [-0.05, 0) is 46.1 Å². The van der Waals surface area contributed by atoms with Crippen LogP contribution in [0.3, 0.4) is 0 Å². The molecule has 176 valence electrons. The van der Waals surface area contributed by atoms with E-state index in [1.54, 1.807) is 18.5 Å². The smallest absolute Gasteiger partial charge is 0.411 e. The lowest BCUT2D eigenvalue weighted by Crippen LogP contribution is -2.77. The van der Waals surface area contributed by atoms with Crippen molar-refractivity contribution in [1.82, 2.24) is 25.1 Å². The number of aliphatic hydroxyl groups is 1. The molecular formula is C22H33N5O5. The average molecular weight is 448 g/mol. The predicted octanol–water partition coefficient (Wildman–Crippen LogP) is 1.23. The second kappa shape index (κ2) is 9.40. The van der Waals surface area contributed by atoms with Crippen molar-refractivity contribution < 1.29 is 24.2 Å². The summed E-state index contributed by atoms with van der Waals surface area (Å²) in [7, 11) is 0. The third kappa shape index (κ3) is 4.69. The number of nitrogens with zero attached hydrogens (tertiary/aromatic N) is 4. The van der Waals surface area contributed by atoms with Crippen LogP contribution in [0.15, 0.2) is 18.5 Å². The molecule has 0 radical (unpaired) electrons. The minimum atomic E-state index is -1.08. The monoisotopic (exact) mass is 447 g/mol. The fourth-order valence-corrected chi connectivity index (χ4v) is 4.61. The minimum Gasteiger partial charge on any atom is -0.443 e. The van der Waals surface area contributed by atoms with Crippen molar-refractivity contribution in [1.29, 1.82) is 0 Å². The van der Waals surface area contributed by atoms with Gasteiger partial charge in [-0.1, -0.05) is 13.3 Å². The molecule has 2 aliphatic rings. The van der Waals surface area contributed by atoms with E-state index in [1.807, 2.05) is 20.8 Å². The minimum absolute atomic E-state index is 0.0844. The normalized spacial score (nSPS) is 22.5. The van der Waals surface area contributed by atoms with Gasteiger partial charge in [-0.15, -0.1) is 0 Å². The van der Waals surface area contributed by atoms with E-state index < -0.39 is 35.3 Å². The number of aliphatic hydroxyl groups excluding tert-OH is 1. The number of rotatable bonds is 8. The zero-order valence-corrected chi connectivity index (χ0v) is 19.2. The van der Waals surface area contributed by atoms with Gasteiger partial charge < -0.3 is 20.1 Å². The topological polar surface area (TPSA) is 125 Å². The number of amides is 3. The molecule has 2 fully saturated rings. The Bertz CT molecular complexity index is 846. The molecule has 2 N–H and O–H groups in total. The van der Waals surface area contributed by atoms with Crippen LogP contribution >= 0.6 is 0 Å². The number of nitrogens with one attached hydrogen (secondary N) is 1. The molecule has 2 aliphatic heterocycles. The van der Waals surface area contributed by atoms with Gasteiger partial charge in [-0.25, -0.2) is 14.8 Å². The molecule has 10 nitrogen and oxygen atoms in total. The molecule has 10 heteroatoms. The molecule has 0 saturated carbocycles. The van der Waals surface area contributed by atoms with E-state index in [1.165, 1.54) is 16.7 Å². The molecule has 1 unspecified atom stereocenters. The number of hydrogen-bond donors (Lipinski definition) is 2. The van der Waals surface area contributed by atoms with E-state index in [0.717, 1.165) is 12.8 Å². The van der Waals surface area contributed by atoms with Gasteiger partial charge in [0.15, 0.2) is 0 Å². The summed E-state index contributed by atoms with van der Waals surface area (Å²) in [5, 5.41) is 12.9. The third-order valence-electron chi connectivity index (χ3n) is 6.12. The first-order valence-electron chi connectivity index (χ1n) is 11.1. The van der Waals surface area contributed by atoms with Crippen LogP contribution in [-0.4, -0.2) is 79.2 Å². The number of ether oxygens (including phenoxy) is 1. The zero-order chi connectivity index (χ0) is 23.5. The largest absolute Gasteiger partial charge is 0.443 e. The van der Waals surface area contributed by atoms with Gasteiger partial charge in [0.05, 0.1) is 19.2 Å². The Balaban J connectivity index is 1.67. The lowest BCUT2D eigenvalue weighted by Gasteiger charge is -2.53. The summed E-state index contributed by atoms with van der Waals surface area (Å²) in [5.74, 6) is -0.403. The second-order valence-electron chi connectivity index (χ2n) is 9.17. The SMILES string of the molecule is CCCC(C)(C)OC(=O)N1CCCC12CN([C@H](C(=O)NCc1ncccn1)[C@@H](C)O)C2=O. The second-order valence-corrected chi connectivity index (χ2v) is 9.17. The fraction of sp³-hybridized carbons (Fsp3) is 0.682. The van der Waals surface area contributed by atoms with E-state index in [4.69, 9.17) is 4.74 Å². The number of likely N-dealkylation sites (tertiary alicyclic amines) is 2. The molecule has 3 heterocycles. The number of carbonyl (C=O) groups is 3. The lowest BCUT2D eigenvalue weighted by atomic mass is 9.83. The van der Waals surface area contributed by atoms with E-state index in [2.05, 4.69) is 15.3 Å². The Hall–Kier alpha value is -2.75. The molecule has 0 aromatic carbocycles. The van der Waals surface area contributed by atoms with Gasteiger partial charge in [0.2, 0.25) is 5.91 Å². The zero-order valence-electron chi connectivity index (χ0n) is 19.2. The Morgan fingerprint density at radius 1 is 1.34 bits per heavy atom. The van der Waals surface area contributed by atoms with Crippen LogP contribution in [0, 0.1) is 0 Å². The van der Waals surface area contributed by atoms with Crippen molar-refractivity contribution in [2.75, 3.05) is 13.1 Å². The molecule has 1 spiro atoms. The first kappa shape index (κ1) is 23.9. The molecule has 0 bridgehead atoms. The Labute approximate surface area is 188 Å². The van der Waals surface area contributed by atoms with E-state index in [9.17, 15) is 19.5 Å². The van der Waals surface area contributed by atoms with Crippen molar-refractivity contribution in [3.63, 3.8) is 0 Å². The van der Waals surface area contributed by atoms with Gasteiger partial charge in [-0.2, -0.15) is 0 Å². The first-order valence-corrected chi connectivity index (χ1v) is 11.1. The molecule has 2 saturated heterocycles. The van der Waals surface area contributed by atoms with Gasteiger partial charge in [-0.3, -0.25) is 14.5 Å². The Kier molecular flexibility index (Phi) is 7.02. The highest BCUT2D eigenvalue weighted by molar-refractivity contribution is 5.99. The van der Waals surface area contributed by atoms with Crippen LogP contribution in [0.2, 0.25) is 0 Å². The summed E-state index contributed by atoms with van der Waals surface area (Å²) in [4.78, 5) is 49.9. The van der Waals surface area contributed by atoms with Crippen LogP contribution in [0.5, 0.6) is 0 Å². The highest BCUT2D eigenvalue weighted by Gasteiger charge is 2.63. The Morgan fingerprint density at radius 2 is 2.03 bits per heavy atom. The number of hydrogen-bond acceptors (Lipinski definition) is 7. The molecule has 1 aromatic rings. The molecule has 3 atom stereocenters. The van der Waals surface area contributed by atoms with Gasteiger partial charge in [0, 0.05) is 18.9 Å². The summed E-state index contributed by atoms with van der Waals surface area (Å²) < 4.78 is 5.69. The van der Waals surface area contributed by atoms with Gasteiger partial charge >= 0.3 is 6.09 Å². The summed E-state index contributed by atoms with van der Waals surface area (Å²) in [5.41, 5.74) is -1.63. The summed E-state index contributed by atoms with van der Waals surface area (Å²) in [6, 6.07) is 0.607. The summed E-state index contributed by atoms with van der Waals surface area (Å²) in [6.07, 6.45) is 4.33. The molecule has 3 rings (SSSR count). The maximum Gasteiger partial charge on any atom is 0.411 e. The molecular weight excluding hydrogens is 414 g/mol. The van der Waals surface area contributed by atoms with Crippen LogP contribution in [0.4, 0.5) is 4.79 Å².